The lowest BCUT2D eigenvalue weighted by Gasteiger charge is -2.36. The third kappa shape index (κ3) is 6.99. The number of hydrogen-bond acceptors (Lipinski definition) is 5. The first-order chi connectivity index (χ1) is 13.5. The number of benzene rings is 1. The highest BCUT2D eigenvalue weighted by Crippen LogP contribution is 2.38. The fraction of sp³-hybridized carbons (Fsp3) is 0.696. The lowest BCUT2D eigenvalue weighted by Crippen LogP contribution is -2.44. The molecule has 6 nitrogen and oxygen atoms in total. The van der Waals surface area contributed by atoms with Gasteiger partial charge in [-0.05, 0) is 69.4 Å². The van der Waals surface area contributed by atoms with Gasteiger partial charge in [-0.1, -0.05) is 32.9 Å². The highest BCUT2D eigenvalue weighted by atomic mass is 28.4. The van der Waals surface area contributed by atoms with Crippen LogP contribution < -0.4 is 4.43 Å². The van der Waals surface area contributed by atoms with E-state index >= 15 is 0 Å². The minimum absolute atomic E-state index is 0.0424. The fourth-order valence-corrected chi connectivity index (χ4v) is 3.76. The van der Waals surface area contributed by atoms with Crippen LogP contribution in [0.1, 0.15) is 66.1 Å². The molecule has 1 amide bonds. The van der Waals surface area contributed by atoms with Gasteiger partial charge < -0.3 is 24.3 Å². The van der Waals surface area contributed by atoms with Crippen molar-refractivity contribution >= 4 is 14.4 Å². The maximum Gasteiger partial charge on any atom is 0.410 e. The molecule has 0 spiro atoms. The van der Waals surface area contributed by atoms with Crippen molar-refractivity contribution in [1.82, 2.24) is 4.90 Å². The van der Waals surface area contributed by atoms with Gasteiger partial charge in [0.1, 0.15) is 11.4 Å². The second kappa shape index (κ2) is 8.52. The molecule has 1 aliphatic carbocycles. The van der Waals surface area contributed by atoms with Crippen LogP contribution >= 0.6 is 0 Å². The molecule has 0 bridgehead atoms. The topological polar surface area (TPSA) is 79.2 Å². The van der Waals surface area contributed by atoms with Crippen molar-refractivity contribution in [3.63, 3.8) is 0 Å². The Kier molecular flexibility index (Phi) is 7.01. The molecule has 1 atom stereocenters. The molecule has 1 saturated carbocycles. The highest BCUT2D eigenvalue weighted by molar-refractivity contribution is 6.74. The van der Waals surface area contributed by atoms with E-state index in [9.17, 15) is 15.0 Å². The van der Waals surface area contributed by atoms with Crippen molar-refractivity contribution in [2.75, 3.05) is 13.1 Å². The number of hydrogen-bond donors (Lipinski definition) is 2. The molecule has 0 aliphatic heterocycles. The van der Waals surface area contributed by atoms with Gasteiger partial charge in [-0.2, -0.15) is 0 Å². The Bertz CT molecular complexity index is 747. The van der Waals surface area contributed by atoms with Crippen molar-refractivity contribution in [2.24, 2.45) is 0 Å². The SMILES string of the molecule is CC(C)(C)OC(=O)N(CC(O)c1cccc(O[Si](C)(C)C(C)(C)C)c1)CC1(O)CC1. The summed E-state index contributed by atoms with van der Waals surface area (Å²) in [4.78, 5) is 14.1. The second-order valence-electron chi connectivity index (χ2n) is 11.0. The first kappa shape index (κ1) is 24.7. The molecule has 170 valence electrons. The van der Waals surface area contributed by atoms with Gasteiger partial charge in [0, 0.05) is 0 Å². The smallest absolute Gasteiger partial charge is 0.410 e. The number of ether oxygens (including phenoxy) is 1. The van der Waals surface area contributed by atoms with E-state index in [0.29, 0.717) is 18.4 Å². The standard InChI is InChI=1S/C23H39NO5Si/c1-21(2,3)28-20(26)24(16-23(27)12-13-23)15-19(25)17-10-9-11-18(14-17)29-30(7,8)22(4,5)6/h9-11,14,19,25,27H,12-13,15-16H2,1-8H3. The van der Waals surface area contributed by atoms with Crippen LogP contribution in [0.4, 0.5) is 4.79 Å². The first-order valence-electron chi connectivity index (χ1n) is 10.7. The normalized spacial score (nSPS) is 17.3. The molecule has 2 rings (SSSR count). The zero-order valence-electron chi connectivity index (χ0n) is 19.8. The van der Waals surface area contributed by atoms with E-state index in [-0.39, 0.29) is 18.1 Å². The molecular weight excluding hydrogens is 398 g/mol. The number of rotatable bonds is 7. The number of carbonyl (C=O) groups is 1. The van der Waals surface area contributed by atoms with Crippen molar-refractivity contribution in [3.05, 3.63) is 29.8 Å². The summed E-state index contributed by atoms with van der Waals surface area (Å²) >= 11 is 0. The zero-order chi connectivity index (χ0) is 23.0. The summed E-state index contributed by atoms with van der Waals surface area (Å²) in [6.07, 6.45) is -0.144. The lowest BCUT2D eigenvalue weighted by atomic mass is 10.1. The second-order valence-corrected chi connectivity index (χ2v) is 15.8. The van der Waals surface area contributed by atoms with Crippen molar-refractivity contribution in [2.45, 2.75) is 89.8 Å². The molecule has 1 fully saturated rings. The monoisotopic (exact) mass is 437 g/mol. The Morgan fingerprint density at radius 3 is 2.30 bits per heavy atom. The quantitative estimate of drug-likeness (QED) is 0.595. The largest absolute Gasteiger partial charge is 0.543 e. The minimum atomic E-state index is -2.00. The van der Waals surface area contributed by atoms with Crippen molar-refractivity contribution in [1.29, 1.82) is 0 Å². The molecule has 7 heteroatoms. The van der Waals surface area contributed by atoms with E-state index in [4.69, 9.17) is 9.16 Å². The van der Waals surface area contributed by atoms with E-state index in [2.05, 4.69) is 33.9 Å². The molecule has 0 aromatic heterocycles. The van der Waals surface area contributed by atoms with Crippen LogP contribution in [0.15, 0.2) is 24.3 Å². The average molecular weight is 438 g/mol. The van der Waals surface area contributed by atoms with Crippen molar-refractivity contribution in [3.8, 4) is 5.75 Å². The highest BCUT2D eigenvalue weighted by Gasteiger charge is 2.44. The predicted molar refractivity (Wildman–Crippen MR) is 121 cm³/mol. The third-order valence-corrected chi connectivity index (χ3v) is 10.1. The summed E-state index contributed by atoms with van der Waals surface area (Å²) < 4.78 is 11.8. The summed E-state index contributed by atoms with van der Waals surface area (Å²) in [6, 6.07) is 7.41. The van der Waals surface area contributed by atoms with Crippen LogP contribution in [-0.4, -0.2) is 53.8 Å². The third-order valence-electron chi connectivity index (χ3n) is 5.78. The van der Waals surface area contributed by atoms with Gasteiger partial charge in [-0.15, -0.1) is 0 Å². The number of nitrogens with zero attached hydrogens (tertiary/aromatic N) is 1. The Balaban J connectivity index is 2.15. The maximum absolute atomic E-state index is 12.7. The predicted octanol–water partition coefficient (Wildman–Crippen LogP) is 4.87. The molecular formula is C23H39NO5Si. The van der Waals surface area contributed by atoms with Gasteiger partial charge in [0.05, 0.1) is 24.8 Å². The summed E-state index contributed by atoms with van der Waals surface area (Å²) in [6.45, 7) is 16.5. The molecule has 1 aromatic rings. The van der Waals surface area contributed by atoms with E-state index in [0.717, 1.165) is 5.75 Å². The molecule has 1 aromatic carbocycles. The Morgan fingerprint density at radius 1 is 1.20 bits per heavy atom. The summed E-state index contributed by atoms with van der Waals surface area (Å²) in [5.74, 6) is 0.725. The van der Waals surface area contributed by atoms with Crippen LogP contribution in [0.2, 0.25) is 18.1 Å². The fourth-order valence-electron chi connectivity index (χ4n) is 2.73. The van der Waals surface area contributed by atoms with Gasteiger partial charge >= 0.3 is 6.09 Å². The Labute approximate surface area is 182 Å². The van der Waals surface area contributed by atoms with E-state index in [1.165, 1.54) is 4.90 Å². The van der Waals surface area contributed by atoms with Crippen LogP contribution in [-0.2, 0) is 4.74 Å². The molecule has 0 saturated heterocycles. The van der Waals surface area contributed by atoms with Gasteiger partial charge in [0.2, 0.25) is 8.32 Å². The summed E-state index contributed by atoms with van der Waals surface area (Å²) in [7, 11) is -2.00. The van der Waals surface area contributed by atoms with Crippen LogP contribution in [0.3, 0.4) is 0 Å². The minimum Gasteiger partial charge on any atom is -0.543 e. The van der Waals surface area contributed by atoms with E-state index < -0.39 is 31.7 Å². The van der Waals surface area contributed by atoms with E-state index in [1.54, 1.807) is 20.8 Å². The van der Waals surface area contributed by atoms with Crippen molar-refractivity contribution < 1.29 is 24.2 Å². The number of aliphatic hydroxyl groups is 2. The van der Waals surface area contributed by atoms with Crippen LogP contribution in [0, 0.1) is 0 Å². The van der Waals surface area contributed by atoms with Gasteiger partial charge in [-0.25, -0.2) is 4.79 Å². The molecule has 1 aliphatic rings. The molecule has 2 N–H and O–H groups in total. The van der Waals surface area contributed by atoms with E-state index in [1.807, 2.05) is 24.3 Å². The Hall–Kier alpha value is -1.57. The molecule has 1 unspecified atom stereocenters. The zero-order valence-corrected chi connectivity index (χ0v) is 20.8. The van der Waals surface area contributed by atoms with Gasteiger partial charge in [0.25, 0.3) is 0 Å². The molecule has 30 heavy (non-hydrogen) atoms. The van der Waals surface area contributed by atoms with Crippen LogP contribution in [0.5, 0.6) is 5.75 Å². The number of amides is 1. The first-order valence-corrected chi connectivity index (χ1v) is 13.6. The number of carbonyl (C=O) groups excluding carboxylic acids is 1. The summed E-state index contributed by atoms with van der Waals surface area (Å²) in [5.41, 5.74) is -0.852. The van der Waals surface area contributed by atoms with Gasteiger partial charge in [-0.3, -0.25) is 0 Å². The van der Waals surface area contributed by atoms with Gasteiger partial charge in [0.15, 0.2) is 0 Å². The molecule has 0 radical (unpaired) electrons. The van der Waals surface area contributed by atoms with Crippen LogP contribution in [0.25, 0.3) is 0 Å². The number of aliphatic hydroxyl groups excluding tert-OH is 1. The molecule has 0 heterocycles. The lowest BCUT2D eigenvalue weighted by molar-refractivity contribution is -0.000757. The maximum atomic E-state index is 12.7. The summed E-state index contributed by atoms with van der Waals surface area (Å²) in [5, 5.41) is 21.3. The average Bonchev–Trinajstić information content (AvgIpc) is 3.28. The Morgan fingerprint density at radius 2 is 1.80 bits per heavy atom.